The Morgan fingerprint density at radius 2 is 1.90 bits per heavy atom. The lowest BCUT2D eigenvalue weighted by Gasteiger charge is -2.22. The lowest BCUT2D eigenvalue weighted by Crippen LogP contribution is -2.33. The number of nitrogens with zero attached hydrogens (tertiary/aromatic N) is 1. The number of aliphatic hydroxyl groups is 1. The predicted octanol–water partition coefficient (Wildman–Crippen LogP) is 2.99. The van der Waals surface area contributed by atoms with Gasteiger partial charge in [-0.25, -0.2) is 0 Å². The van der Waals surface area contributed by atoms with Crippen LogP contribution in [0.4, 0.5) is 0 Å². The molecule has 0 atom stereocenters. The van der Waals surface area contributed by atoms with E-state index in [2.05, 4.69) is 25.7 Å². The molecule has 3 nitrogen and oxygen atoms in total. The molecular weight excluding hydrogens is 262 g/mol. The monoisotopic (exact) mass is 287 g/mol. The van der Waals surface area contributed by atoms with Gasteiger partial charge in [-0.3, -0.25) is 4.79 Å². The number of amides is 1. The molecule has 0 heterocycles. The maximum Gasteiger partial charge on any atom is 0.254 e. The zero-order valence-electron chi connectivity index (χ0n) is 13.3. The summed E-state index contributed by atoms with van der Waals surface area (Å²) in [6.45, 7) is 7.73. The SMILES string of the molecule is CCCN(CCC)C(=O)c1cccc(C#CCCO)c1C. The fraction of sp³-hybridized carbons (Fsp3) is 0.500. The molecule has 21 heavy (non-hydrogen) atoms. The molecule has 1 N–H and O–H groups in total. The van der Waals surface area contributed by atoms with Crippen molar-refractivity contribution in [3.63, 3.8) is 0 Å². The van der Waals surface area contributed by atoms with Gasteiger partial charge in [-0.15, -0.1) is 0 Å². The maximum atomic E-state index is 12.7. The zero-order valence-corrected chi connectivity index (χ0v) is 13.3. The minimum atomic E-state index is 0.0610. The Kier molecular flexibility index (Phi) is 7.56. The summed E-state index contributed by atoms with van der Waals surface area (Å²) in [6.07, 6.45) is 2.37. The highest BCUT2D eigenvalue weighted by Gasteiger charge is 2.17. The van der Waals surface area contributed by atoms with Gasteiger partial charge in [-0.05, 0) is 37.5 Å². The summed E-state index contributed by atoms with van der Waals surface area (Å²) < 4.78 is 0. The molecule has 0 fully saturated rings. The average molecular weight is 287 g/mol. The van der Waals surface area contributed by atoms with Gasteiger partial charge >= 0.3 is 0 Å². The molecule has 1 aromatic rings. The summed E-state index contributed by atoms with van der Waals surface area (Å²) in [5, 5.41) is 8.78. The van der Waals surface area contributed by atoms with Gasteiger partial charge in [0.2, 0.25) is 0 Å². The summed E-state index contributed by atoms with van der Waals surface area (Å²) in [6, 6.07) is 5.66. The standard InChI is InChI=1S/C18H25NO2/c1-4-12-19(13-5-2)18(21)17-11-8-10-16(15(17)3)9-6-7-14-20/h8,10-11,20H,4-5,7,12-14H2,1-3H3. The van der Waals surface area contributed by atoms with Crippen molar-refractivity contribution in [3.8, 4) is 11.8 Å². The first-order chi connectivity index (χ1) is 10.2. The van der Waals surface area contributed by atoms with E-state index in [1.807, 2.05) is 30.0 Å². The number of hydrogen-bond acceptors (Lipinski definition) is 2. The first kappa shape index (κ1) is 17.3. The molecule has 0 spiro atoms. The van der Waals surface area contributed by atoms with Gasteiger partial charge in [0, 0.05) is 30.6 Å². The Balaban J connectivity index is 3.04. The molecule has 1 rings (SSSR count). The fourth-order valence-electron chi connectivity index (χ4n) is 2.24. The molecule has 0 aromatic heterocycles. The summed E-state index contributed by atoms with van der Waals surface area (Å²) in [5.74, 6) is 6.03. The molecule has 0 aliphatic rings. The van der Waals surface area contributed by atoms with E-state index in [0.717, 1.165) is 42.6 Å². The number of carbonyl (C=O) groups is 1. The quantitative estimate of drug-likeness (QED) is 0.817. The van der Waals surface area contributed by atoms with Crippen LogP contribution in [0, 0.1) is 18.8 Å². The molecule has 0 bridgehead atoms. The molecular formula is C18H25NO2. The first-order valence-electron chi connectivity index (χ1n) is 7.64. The predicted molar refractivity (Wildman–Crippen MR) is 86.2 cm³/mol. The van der Waals surface area contributed by atoms with Crippen molar-refractivity contribution in [2.24, 2.45) is 0 Å². The molecule has 0 unspecified atom stereocenters. The number of hydrogen-bond donors (Lipinski definition) is 1. The summed E-state index contributed by atoms with van der Waals surface area (Å²) in [7, 11) is 0. The second-order valence-electron chi connectivity index (χ2n) is 5.05. The van der Waals surface area contributed by atoms with E-state index in [1.165, 1.54) is 0 Å². The topological polar surface area (TPSA) is 40.5 Å². The van der Waals surface area contributed by atoms with E-state index >= 15 is 0 Å². The van der Waals surface area contributed by atoms with E-state index in [1.54, 1.807) is 0 Å². The minimum Gasteiger partial charge on any atom is -0.395 e. The molecule has 0 aliphatic heterocycles. The van der Waals surface area contributed by atoms with Crippen LogP contribution < -0.4 is 0 Å². The van der Waals surface area contributed by atoms with E-state index < -0.39 is 0 Å². The lowest BCUT2D eigenvalue weighted by atomic mass is 10.0. The van der Waals surface area contributed by atoms with E-state index in [-0.39, 0.29) is 12.5 Å². The molecule has 0 saturated heterocycles. The van der Waals surface area contributed by atoms with Crippen LogP contribution in [-0.2, 0) is 0 Å². The van der Waals surface area contributed by atoms with Crippen molar-refractivity contribution in [3.05, 3.63) is 34.9 Å². The highest BCUT2D eigenvalue weighted by atomic mass is 16.2. The molecule has 0 saturated carbocycles. The average Bonchev–Trinajstić information content (AvgIpc) is 2.48. The van der Waals surface area contributed by atoms with Gasteiger partial charge in [0.25, 0.3) is 5.91 Å². The third-order valence-corrected chi connectivity index (χ3v) is 3.30. The molecule has 1 amide bonds. The zero-order chi connectivity index (χ0) is 15.7. The van der Waals surface area contributed by atoms with Crippen LogP contribution in [0.25, 0.3) is 0 Å². The molecule has 0 aliphatic carbocycles. The third kappa shape index (κ3) is 4.91. The third-order valence-electron chi connectivity index (χ3n) is 3.30. The van der Waals surface area contributed by atoms with Crippen LogP contribution in [0.3, 0.4) is 0 Å². The van der Waals surface area contributed by atoms with Crippen molar-refractivity contribution in [2.45, 2.75) is 40.0 Å². The highest BCUT2D eigenvalue weighted by Crippen LogP contribution is 2.16. The summed E-state index contributed by atoms with van der Waals surface area (Å²) >= 11 is 0. The van der Waals surface area contributed by atoms with E-state index in [0.29, 0.717) is 6.42 Å². The molecule has 3 heteroatoms. The van der Waals surface area contributed by atoms with Gasteiger partial charge in [0.15, 0.2) is 0 Å². The summed E-state index contributed by atoms with van der Waals surface area (Å²) in [5.41, 5.74) is 2.51. The van der Waals surface area contributed by atoms with Crippen LogP contribution in [-0.4, -0.2) is 35.6 Å². The van der Waals surface area contributed by atoms with Crippen molar-refractivity contribution < 1.29 is 9.90 Å². The smallest absolute Gasteiger partial charge is 0.254 e. The van der Waals surface area contributed by atoms with Crippen LogP contribution in [0.1, 0.15) is 54.6 Å². The van der Waals surface area contributed by atoms with Gasteiger partial charge in [0.1, 0.15) is 0 Å². The van der Waals surface area contributed by atoms with E-state index in [4.69, 9.17) is 5.11 Å². The largest absolute Gasteiger partial charge is 0.395 e. The van der Waals surface area contributed by atoms with Gasteiger partial charge in [-0.1, -0.05) is 31.8 Å². The van der Waals surface area contributed by atoms with Gasteiger partial charge in [-0.2, -0.15) is 0 Å². The number of aliphatic hydroxyl groups excluding tert-OH is 1. The van der Waals surface area contributed by atoms with E-state index in [9.17, 15) is 4.79 Å². The van der Waals surface area contributed by atoms with Gasteiger partial charge < -0.3 is 10.0 Å². The molecule has 114 valence electrons. The van der Waals surface area contributed by atoms with Crippen molar-refractivity contribution in [1.82, 2.24) is 4.90 Å². The second-order valence-corrected chi connectivity index (χ2v) is 5.05. The Morgan fingerprint density at radius 1 is 1.24 bits per heavy atom. The molecule has 1 aromatic carbocycles. The highest BCUT2D eigenvalue weighted by molar-refractivity contribution is 5.96. The minimum absolute atomic E-state index is 0.0610. The second kappa shape index (κ2) is 9.20. The van der Waals surface area contributed by atoms with Gasteiger partial charge in [0.05, 0.1) is 6.61 Å². The normalized spacial score (nSPS) is 9.90. The van der Waals surface area contributed by atoms with Crippen LogP contribution in [0.2, 0.25) is 0 Å². The Morgan fingerprint density at radius 3 is 2.48 bits per heavy atom. The summed E-state index contributed by atoms with van der Waals surface area (Å²) in [4.78, 5) is 14.6. The van der Waals surface area contributed by atoms with Crippen molar-refractivity contribution in [1.29, 1.82) is 0 Å². The number of benzene rings is 1. The van der Waals surface area contributed by atoms with Crippen LogP contribution in [0.15, 0.2) is 18.2 Å². The fourth-order valence-corrected chi connectivity index (χ4v) is 2.24. The van der Waals surface area contributed by atoms with Crippen LogP contribution in [0.5, 0.6) is 0 Å². The Bertz CT molecular complexity index is 520. The van der Waals surface area contributed by atoms with Crippen molar-refractivity contribution in [2.75, 3.05) is 19.7 Å². The Labute approximate surface area is 128 Å². The Hall–Kier alpha value is -1.79. The lowest BCUT2D eigenvalue weighted by molar-refractivity contribution is 0.0755. The maximum absolute atomic E-state index is 12.7. The number of carbonyl (C=O) groups excluding carboxylic acids is 1. The molecule has 0 radical (unpaired) electrons. The first-order valence-corrected chi connectivity index (χ1v) is 7.64. The van der Waals surface area contributed by atoms with Crippen LogP contribution >= 0.6 is 0 Å². The number of rotatable bonds is 6. The van der Waals surface area contributed by atoms with Crippen molar-refractivity contribution >= 4 is 5.91 Å².